The van der Waals surface area contributed by atoms with Gasteiger partial charge in [-0.3, -0.25) is 0 Å². The number of hydrogen-bond acceptors (Lipinski definition) is 3. The Morgan fingerprint density at radius 1 is 1.38 bits per heavy atom. The normalized spacial score (nSPS) is 15.3. The van der Waals surface area contributed by atoms with E-state index in [-0.39, 0.29) is 0 Å². The van der Waals surface area contributed by atoms with Crippen LogP contribution in [0.15, 0.2) is 24.5 Å². The maximum atomic E-state index is 6.15. The van der Waals surface area contributed by atoms with E-state index in [1.807, 2.05) is 6.07 Å². The summed E-state index contributed by atoms with van der Waals surface area (Å²) in [7, 11) is 0. The number of aromatic nitrogens is 3. The summed E-state index contributed by atoms with van der Waals surface area (Å²) in [6, 6.07) is 5.94. The first-order chi connectivity index (χ1) is 7.75. The maximum Gasteiger partial charge on any atom is 0.165 e. The summed E-state index contributed by atoms with van der Waals surface area (Å²) < 4.78 is 2.07. The van der Waals surface area contributed by atoms with Crippen LogP contribution in [-0.4, -0.2) is 14.8 Å². The molecule has 16 heavy (non-hydrogen) atoms. The predicted octanol–water partition coefficient (Wildman–Crippen LogP) is 2.52. The van der Waals surface area contributed by atoms with Crippen molar-refractivity contribution >= 4 is 17.3 Å². The number of halogens is 1. The third-order valence-corrected chi connectivity index (χ3v) is 3.07. The molecule has 4 nitrogen and oxygen atoms in total. The highest BCUT2D eigenvalue weighted by Gasteiger charge is 2.27. The molecule has 1 aliphatic rings. The zero-order valence-electron chi connectivity index (χ0n) is 8.60. The first-order valence-corrected chi connectivity index (χ1v) is 5.58. The van der Waals surface area contributed by atoms with E-state index in [0.717, 1.165) is 11.4 Å². The van der Waals surface area contributed by atoms with Crippen LogP contribution in [-0.2, 0) is 0 Å². The Kier molecular flexibility index (Phi) is 2.11. The molecule has 0 aliphatic heterocycles. The molecular formula is C11H11ClN4. The van der Waals surface area contributed by atoms with E-state index < -0.39 is 0 Å². The highest BCUT2D eigenvalue weighted by Crippen LogP contribution is 2.39. The molecular weight excluding hydrogens is 224 g/mol. The standard InChI is InChI=1S/C11H11ClN4/c12-10-4-1-7(13)5-9(10)11-15-14-6-16(11)8-2-3-8/h1,4-6,8H,2-3,13H2. The lowest BCUT2D eigenvalue weighted by Gasteiger charge is -2.07. The topological polar surface area (TPSA) is 56.7 Å². The Balaban J connectivity index is 2.13. The van der Waals surface area contributed by atoms with Crippen LogP contribution >= 0.6 is 11.6 Å². The van der Waals surface area contributed by atoms with Gasteiger partial charge in [-0.2, -0.15) is 0 Å². The van der Waals surface area contributed by atoms with Crippen LogP contribution in [0.1, 0.15) is 18.9 Å². The quantitative estimate of drug-likeness (QED) is 0.813. The lowest BCUT2D eigenvalue weighted by atomic mass is 10.2. The van der Waals surface area contributed by atoms with Gasteiger partial charge in [-0.15, -0.1) is 10.2 Å². The molecule has 5 heteroatoms. The van der Waals surface area contributed by atoms with Gasteiger partial charge in [-0.1, -0.05) is 11.6 Å². The molecule has 1 saturated carbocycles. The molecule has 3 rings (SSSR count). The summed E-state index contributed by atoms with van der Waals surface area (Å²) in [5.74, 6) is 0.805. The monoisotopic (exact) mass is 234 g/mol. The van der Waals surface area contributed by atoms with Crippen molar-refractivity contribution in [3.05, 3.63) is 29.5 Å². The van der Waals surface area contributed by atoms with E-state index in [4.69, 9.17) is 17.3 Å². The molecule has 1 fully saturated rings. The Bertz CT molecular complexity index is 531. The fourth-order valence-corrected chi connectivity index (χ4v) is 1.97. The Labute approximate surface area is 98.0 Å². The number of nitrogen functional groups attached to an aromatic ring is 1. The van der Waals surface area contributed by atoms with Crippen molar-refractivity contribution in [2.45, 2.75) is 18.9 Å². The summed E-state index contributed by atoms with van der Waals surface area (Å²) in [4.78, 5) is 0. The zero-order valence-corrected chi connectivity index (χ0v) is 9.35. The van der Waals surface area contributed by atoms with Crippen LogP contribution < -0.4 is 5.73 Å². The van der Waals surface area contributed by atoms with Gasteiger partial charge in [0.25, 0.3) is 0 Å². The molecule has 1 heterocycles. The van der Waals surface area contributed by atoms with Crippen LogP contribution in [0.25, 0.3) is 11.4 Å². The SMILES string of the molecule is Nc1ccc(Cl)c(-c2nncn2C2CC2)c1. The molecule has 0 radical (unpaired) electrons. The molecule has 1 aliphatic carbocycles. The molecule has 0 spiro atoms. The van der Waals surface area contributed by atoms with Crippen molar-refractivity contribution in [1.82, 2.24) is 14.8 Å². The first kappa shape index (κ1) is 9.66. The molecule has 0 unspecified atom stereocenters. The van der Waals surface area contributed by atoms with Crippen molar-refractivity contribution in [3.63, 3.8) is 0 Å². The number of nitrogens with two attached hydrogens (primary N) is 1. The molecule has 2 aromatic rings. The van der Waals surface area contributed by atoms with E-state index in [1.165, 1.54) is 12.8 Å². The summed E-state index contributed by atoms with van der Waals surface area (Å²) in [5, 5.41) is 8.72. The van der Waals surface area contributed by atoms with E-state index >= 15 is 0 Å². The van der Waals surface area contributed by atoms with Crippen molar-refractivity contribution in [3.8, 4) is 11.4 Å². The third kappa shape index (κ3) is 1.55. The first-order valence-electron chi connectivity index (χ1n) is 5.20. The zero-order chi connectivity index (χ0) is 11.1. The van der Waals surface area contributed by atoms with Gasteiger partial charge >= 0.3 is 0 Å². The molecule has 82 valence electrons. The highest BCUT2D eigenvalue weighted by atomic mass is 35.5. The van der Waals surface area contributed by atoms with Crippen molar-refractivity contribution < 1.29 is 0 Å². The van der Waals surface area contributed by atoms with Gasteiger partial charge in [0.05, 0.1) is 5.02 Å². The number of rotatable bonds is 2. The second-order valence-corrected chi connectivity index (χ2v) is 4.44. The molecule has 2 N–H and O–H groups in total. The summed E-state index contributed by atoms with van der Waals surface area (Å²) in [5.41, 5.74) is 7.30. The number of nitrogens with zero attached hydrogens (tertiary/aromatic N) is 3. The van der Waals surface area contributed by atoms with E-state index in [0.29, 0.717) is 16.8 Å². The maximum absolute atomic E-state index is 6.15. The van der Waals surface area contributed by atoms with Gasteiger partial charge in [0, 0.05) is 17.3 Å². The fourth-order valence-electron chi connectivity index (χ4n) is 1.77. The molecule has 0 atom stereocenters. The number of anilines is 1. The van der Waals surface area contributed by atoms with Gasteiger partial charge < -0.3 is 10.3 Å². The smallest absolute Gasteiger partial charge is 0.165 e. The van der Waals surface area contributed by atoms with Crippen LogP contribution in [0.5, 0.6) is 0 Å². The number of hydrogen-bond donors (Lipinski definition) is 1. The van der Waals surface area contributed by atoms with Crippen LogP contribution in [0, 0.1) is 0 Å². The second-order valence-electron chi connectivity index (χ2n) is 4.03. The van der Waals surface area contributed by atoms with Crippen molar-refractivity contribution in [2.24, 2.45) is 0 Å². The summed E-state index contributed by atoms with van der Waals surface area (Å²) >= 11 is 6.15. The molecule has 1 aromatic heterocycles. The largest absolute Gasteiger partial charge is 0.399 e. The molecule has 1 aromatic carbocycles. The highest BCUT2D eigenvalue weighted by molar-refractivity contribution is 6.33. The van der Waals surface area contributed by atoms with E-state index in [9.17, 15) is 0 Å². The average Bonchev–Trinajstić information content (AvgIpc) is 3.01. The van der Waals surface area contributed by atoms with Crippen LogP contribution in [0.2, 0.25) is 5.02 Å². The predicted molar refractivity (Wildman–Crippen MR) is 63.2 cm³/mol. The summed E-state index contributed by atoms with van der Waals surface area (Å²) in [6.45, 7) is 0. The van der Waals surface area contributed by atoms with Crippen molar-refractivity contribution in [2.75, 3.05) is 5.73 Å². The minimum absolute atomic E-state index is 0.530. The molecule has 0 amide bonds. The van der Waals surface area contributed by atoms with Gasteiger partial charge in [0.1, 0.15) is 6.33 Å². The molecule has 0 bridgehead atoms. The van der Waals surface area contributed by atoms with Gasteiger partial charge in [-0.05, 0) is 31.0 Å². The Morgan fingerprint density at radius 3 is 2.94 bits per heavy atom. The number of benzene rings is 1. The Morgan fingerprint density at radius 2 is 2.19 bits per heavy atom. The van der Waals surface area contributed by atoms with Gasteiger partial charge in [0.15, 0.2) is 5.82 Å². The van der Waals surface area contributed by atoms with Gasteiger partial charge in [0.2, 0.25) is 0 Å². The third-order valence-electron chi connectivity index (χ3n) is 2.74. The van der Waals surface area contributed by atoms with E-state index in [2.05, 4.69) is 14.8 Å². The molecule has 0 saturated heterocycles. The summed E-state index contributed by atoms with van der Waals surface area (Å²) in [6.07, 6.45) is 4.13. The minimum atomic E-state index is 0.530. The van der Waals surface area contributed by atoms with Crippen LogP contribution in [0.3, 0.4) is 0 Å². The average molecular weight is 235 g/mol. The van der Waals surface area contributed by atoms with Gasteiger partial charge in [-0.25, -0.2) is 0 Å². The lowest BCUT2D eigenvalue weighted by molar-refractivity contribution is 0.746. The lowest BCUT2D eigenvalue weighted by Crippen LogP contribution is -1.97. The van der Waals surface area contributed by atoms with Crippen LogP contribution in [0.4, 0.5) is 5.69 Å². The van der Waals surface area contributed by atoms with E-state index in [1.54, 1.807) is 18.5 Å². The minimum Gasteiger partial charge on any atom is -0.399 e. The Hall–Kier alpha value is -1.55. The van der Waals surface area contributed by atoms with Crippen molar-refractivity contribution in [1.29, 1.82) is 0 Å². The second kappa shape index (κ2) is 3.49. The fraction of sp³-hybridized carbons (Fsp3) is 0.273.